The van der Waals surface area contributed by atoms with E-state index in [0.717, 1.165) is 5.56 Å². The highest BCUT2D eigenvalue weighted by Crippen LogP contribution is 2.28. The van der Waals surface area contributed by atoms with Gasteiger partial charge in [0.05, 0.1) is 13.2 Å². The van der Waals surface area contributed by atoms with Crippen molar-refractivity contribution in [2.24, 2.45) is 0 Å². The predicted molar refractivity (Wildman–Crippen MR) is 116 cm³/mol. The Morgan fingerprint density at radius 1 is 1.10 bits per heavy atom. The SMILES string of the molecule is C=C(C[C@H](NS(=O)(=O)c1ccccc1OC)c1ccccc1)[C@@H](C)OC(=O)N(C)C. The van der Waals surface area contributed by atoms with Crippen molar-refractivity contribution < 1.29 is 22.7 Å². The second-order valence-corrected chi connectivity index (χ2v) is 8.70. The fourth-order valence-corrected chi connectivity index (χ4v) is 4.17. The molecule has 0 saturated carbocycles. The van der Waals surface area contributed by atoms with Crippen LogP contribution >= 0.6 is 0 Å². The van der Waals surface area contributed by atoms with E-state index in [0.29, 0.717) is 5.57 Å². The number of para-hydroxylation sites is 1. The molecule has 0 aromatic heterocycles. The summed E-state index contributed by atoms with van der Waals surface area (Å²) in [6, 6.07) is 15.0. The number of benzene rings is 2. The standard InChI is InChI=1S/C22H28N2O5S/c1-16(17(2)29-22(25)24(3)4)15-19(18-11-7-6-8-12-18)23-30(26,27)21-14-10-9-13-20(21)28-5/h6-14,17,19,23H,1,15H2,2-5H3/t17-,19+/m1/s1. The largest absolute Gasteiger partial charge is 0.495 e. The van der Waals surface area contributed by atoms with Crippen molar-refractivity contribution in [3.63, 3.8) is 0 Å². The van der Waals surface area contributed by atoms with Crippen LogP contribution in [0, 0.1) is 0 Å². The van der Waals surface area contributed by atoms with E-state index < -0.39 is 28.3 Å². The third-order valence-electron chi connectivity index (χ3n) is 4.54. The molecule has 0 bridgehead atoms. The van der Waals surface area contributed by atoms with Crippen LogP contribution in [0.4, 0.5) is 4.79 Å². The molecule has 2 aromatic rings. The summed E-state index contributed by atoms with van der Waals surface area (Å²) in [5, 5.41) is 0. The first kappa shape index (κ1) is 23.4. The summed E-state index contributed by atoms with van der Waals surface area (Å²) in [4.78, 5) is 13.2. The van der Waals surface area contributed by atoms with Crippen LogP contribution in [0.15, 0.2) is 71.6 Å². The smallest absolute Gasteiger partial charge is 0.409 e. The molecule has 162 valence electrons. The van der Waals surface area contributed by atoms with Gasteiger partial charge in [-0.3, -0.25) is 0 Å². The lowest BCUT2D eigenvalue weighted by molar-refractivity contribution is 0.0948. The summed E-state index contributed by atoms with van der Waals surface area (Å²) in [6.07, 6.45) is -0.823. The molecule has 2 atom stereocenters. The average Bonchev–Trinajstić information content (AvgIpc) is 2.73. The molecule has 0 aliphatic carbocycles. The summed E-state index contributed by atoms with van der Waals surface area (Å²) in [5.41, 5.74) is 1.35. The second kappa shape index (κ2) is 10.3. The molecule has 2 rings (SSSR count). The van der Waals surface area contributed by atoms with Crippen molar-refractivity contribution in [3.05, 3.63) is 72.3 Å². The minimum Gasteiger partial charge on any atom is -0.495 e. The molecule has 8 heteroatoms. The second-order valence-electron chi connectivity index (χ2n) is 7.02. The van der Waals surface area contributed by atoms with E-state index >= 15 is 0 Å². The van der Waals surface area contributed by atoms with Gasteiger partial charge in [0, 0.05) is 14.1 Å². The Kier molecular flexibility index (Phi) is 8.02. The van der Waals surface area contributed by atoms with E-state index in [1.165, 1.54) is 18.1 Å². The van der Waals surface area contributed by atoms with Gasteiger partial charge in [-0.2, -0.15) is 0 Å². The van der Waals surface area contributed by atoms with Gasteiger partial charge in [0.2, 0.25) is 10.0 Å². The van der Waals surface area contributed by atoms with Crippen LogP contribution in [-0.4, -0.2) is 46.7 Å². The fourth-order valence-electron chi connectivity index (χ4n) is 2.77. The van der Waals surface area contributed by atoms with Crippen molar-refractivity contribution >= 4 is 16.1 Å². The van der Waals surface area contributed by atoms with Crippen molar-refractivity contribution in [1.82, 2.24) is 9.62 Å². The lowest BCUT2D eigenvalue weighted by Gasteiger charge is -2.24. The summed E-state index contributed by atoms with van der Waals surface area (Å²) < 4.78 is 39.5. The van der Waals surface area contributed by atoms with Gasteiger partial charge in [0.25, 0.3) is 0 Å². The zero-order valence-electron chi connectivity index (χ0n) is 17.7. The van der Waals surface area contributed by atoms with Crippen LogP contribution in [0.2, 0.25) is 0 Å². The third-order valence-corrected chi connectivity index (χ3v) is 6.05. The molecular weight excluding hydrogens is 404 g/mol. The van der Waals surface area contributed by atoms with Gasteiger partial charge in [-0.25, -0.2) is 17.9 Å². The maximum atomic E-state index is 13.1. The fraction of sp³-hybridized carbons (Fsp3) is 0.318. The number of sulfonamides is 1. The highest BCUT2D eigenvalue weighted by molar-refractivity contribution is 7.89. The first-order chi connectivity index (χ1) is 14.2. The third kappa shape index (κ3) is 6.08. The Morgan fingerprint density at radius 3 is 2.30 bits per heavy atom. The molecule has 0 spiro atoms. The van der Waals surface area contributed by atoms with Gasteiger partial charge in [-0.1, -0.05) is 49.0 Å². The minimum atomic E-state index is -3.89. The van der Waals surface area contributed by atoms with Crippen LogP contribution in [0.1, 0.15) is 24.9 Å². The van der Waals surface area contributed by atoms with E-state index in [4.69, 9.17) is 9.47 Å². The normalized spacial score (nSPS) is 13.2. The van der Waals surface area contributed by atoms with Crippen molar-refractivity contribution in [2.45, 2.75) is 30.4 Å². The minimum absolute atomic E-state index is 0.0473. The molecule has 0 fully saturated rings. The van der Waals surface area contributed by atoms with E-state index in [9.17, 15) is 13.2 Å². The molecule has 1 amide bonds. The first-order valence-electron chi connectivity index (χ1n) is 9.41. The summed E-state index contributed by atoms with van der Waals surface area (Å²) in [6.45, 7) is 5.72. The van der Waals surface area contributed by atoms with Gasteiger partial charge in [-0.15, -0.1) is 0 Å². The Morgan fingerprint density at radius 2 is 1.70 bits per heavy atom. The van der Waals surface area contributed by atoms with Crippen LogP contribution in [0.3, 0.4) is 0 Å². The molecule has 0 saturated heterocycles. The zero-order chi connectivity index (χ0) is 22.3. The van der Waals surface area contributed by atoms with Crippen LogP contribution in [0.25, 0.3) is 0 Å². The number of hydrogen-bond donors (Lipinski definition) is 1. The van der Waals surface area contributed by atoms with Crippen LogP contribution < -0.4 is 9.46 Å². The van der Waals surface area contributed by atoms with Crippen molar-refractivity contribution in [3.8, 4) is 5.75 Å². The lowest BCUT2D eigenvalue weighted by atomic mass is 9.98. The molecule has 30 heavy (non-hydrogen) atoms. The highest BCUT2D eigenvalue weighted by atomic mass is 32.2. The van der Waals surface area contributed by atoms with Gasteiger partial charge in [0.1, 0.15) is 16.7 Å². The number of nitrogens with zero attached hydrogens (tertiary/aromatic N) is 1. The average molecular weight is 433 g/mol. The van der Waals surface area contributed by atoms with Crippen molar-refractivity contribution in [2.75, 3.05) is 21.2 Å². The molecule has 2 aromatic carbocycles. The zero-order valence-corrected chi connectivity index (χ0v) is 18.5. The number of carbonyl (C=O) groups excluding carboxylic acids is 1. The number of hydrogen-bond acceptors (Lipinski definition) is 5. The quantitative estimate of drug-likeness (QED) is 0.610. The summed E-state index contributed by atoms with van der Waals surface area (Å²) >= 11 is 0. The molecule has 0 heterocycles. The molecule has 0 radical (unpaired) electrons. The van der Waals surface area contributed by atoms with Gasteiger partial charge in [-0.05, 0) is 36.6 Å². The van der Waals surface area contributed by atoms with Crippen LogP contribution in [0.5, 0.6) is 5.75 Å². The topological polar surface area (TPSA) is 84.9 Å². The predicted octanol–water partition coefficient (Wildman–Crippen LogP) is 3.75. The van der Waals surface area contributed by atoms with E-state index in [-0.39, 0.29) is 17.1 Å². The van der Waals surface area contributed by atoms with Gasteiger partial charge < -0.3 is 14.4 Å². The van der Waals surface area contributed by atoms with E-state index in [1.54, 1.807) is 39.2 Å². The number of ether oxygens (including phenoxy) is 2. The number of rotatable bonds is 9. The Bertz CT molecular complexity index is 974. The number of nitrogens with one attached hydrogen (secondary N) is 1. The molecule has 7 nitrogen and oxygen atoms in total. The monoisotopic (exact) mass is 432 g/mol. The summed E-state index contributed by atoms with van der Waals surface area (Å²) in [7, 11) is 0.710. The molecule has 0 unspecified atom stereocenters. The number of methoxy groups -OCH3 is 1. The first-order valence-corrected chi connectivity index (χ1v) is 10.9. The lowest BCUT2D eigenvalue weighted by Crippen LogP contribution is -2.31. The highest BCUT2D eigenvalue weighted by Gasteiger charge is 2.26. The molecule has 0 aliphatic rings. The van der Waals surface area contributed by atoms with Gasteiger partial charge in [0.15, 0.2) is 0 Å². The van der Waals surface area contributed by atoms with Crippen molar-refractivity contribution in [1.29, 1.82) is 0 Å². The molecule has 1 N–H and O–H groups in total. The van der Waals surface area contributed by atoms with E-state index in [1.807, 2.05) is 30.3 Å². The maximum Gasteiger partial charge on any atom is 0.409 e. The molecular formula is C22H28N2O5S. The molecule has 0 aliphatic heterocycles. The van der Waals surface area contributed by atoms with E-state index in [2.05, 4.69) is 11.3 Å². The summed E-state index contributed by atoms with van der Waals surface area (Å²) in [5.74, 6) is 0.254. The number of amides is 1. The Balaban J connectivity index is 2.28. The number of carbonyl (C=O) groups is 1. The Hall–Kier alpha value is -2.84. The van der Waals surface area contributed by atoms with Gasteiger partial charge >= 0.3 is 6.09 Å². The maximum absolute atomic E-state index is 13.1. The Labute approximate surface area is 178 Å². The van der Waals surface area contributed by atoms with Crippen LogP contribution in [-0.2, 0) is 14.8 Å².